The van der Waals surface area contributed by atoms with Crippen molar-refractivity contribution in [1.29, 1.82) is 0 Å². The molecule has 2 aromatic carbocycles. The first-order valence-corrected chi connectivity index (χ1v) is 14.4. The van der Waals surface area contributed by atoms with Gasteiger partial charge in [0.05, 0.1) is 7.11 Å². The summed E-state index contributed by atoms with van der Waals surface area (Å²) in [5.74, 6) is 2.26. The molecule has 0 fully saturated rings. The molecule has 40 heavy (non-hydrogen) atoms. The van der Waals surface area contributed by atoms with E-state index in [1.165, 1.54) is 0 Å². The quantitative estimate of drug-likeness (QED) is 0.364. The van der Waals surface area contributed by atoms with Crippen LogP contribution in [0.25, 0.3) is 0 Å². The van der Waals surface area contributed by atoms with E-state index in [1.807, 2.05) is 64.4 Å². The zero-order valence-electron chi connectivity index (χ0n) is 24.1. The minimum absolute atomic E-state index is 0.116. The van der Waals surface area contributed by atoms with Crippen molar-refractivity contribution < 1.29 is 14.3 Å². The van der Waals surface area contributed by atoms with Crippen LogP contribution in [0, 0.1) is 5.92 Å². The fourth-order valence-electron chi connectivity index (χ4n) is 5.28. The zero-order chi connectivity index (χ0) is 28.3. The van der Waals surface area contributed by atoms with Gasteiger partial charge in [0, 0.05) is 57.4 Å². The molecule has 1 aliphatic rings. The van der Waals surface area contributed by atoms with E-state index in [1.54, 1.807) is 13.3 Å². The van der Waals surface area contributed by atoms with Crippen molar-refractivity contribution in [1.82, 2.24) is 9.88 Å². The first kappa shape index (κ1) is 29.1. The lowest BCUT2D eigenvalue weighted by molar-refractivity contribution is -0.131. The molecule has 0 atom stereocenters. The molecule has 7 nitrogen and oxygen atoms in total. The lowest BCUT2D eigenvalue weighted by Gasteiger charge is -2.29. The average Bonchev–Trinajstić information content (AvgIpc) is 3.00. The van der Waals surface area contributed by atoms with Gasteiger partial charge in [-0.05, 0) is 60.6 Å². The van der Waals surface area contributed by atoms with Crippen LogP contribution in [0.1, 0.15) is 50.7 Å². The molecule has 0 bridgehead atoms. The van der Waals surface area contributed by atoms with Crippen LogP contribution in [0.4, 0.5) is 11.5 Å². The summed E-state index contributed by atoms with van der Waals surface area (Å²) in [5, 5.41) is 0. The largest absolute Gasteiger partial charge is 0.496 e. The monoisotopic (exact) mass is 542 g/mol. The second-order valence-electron chi connectivity index (χ2n) is 10.8. The van der Waals surface area contributed by atoms with Gasteiger partial charge in [-0.3, -0.25) is 9.59 Å². The van der Waals surface area contributed by atoms with Gasteiger partial charge >= 0.3 is 0 Å². The minimum atomic E-state index is 0.116. The maximum absolute atomic E-state index is 13.7. The number of carbonyl (C=O) groups is 2. The second-order valence-corrected chi connectivity index (χ2v) is 10.8. The molecular formula is C33H42N4O3. The number of ether oxygens (including phenoxy) is 1. The van der Waals surface area contributed by atoms with Crippen molar-refractivity contribution in [2.45, 2.75) is 52.5 Å². The van der Waals surface area contributed by atoms with Crippen LogP contribution in [0.5, 0.6) is 5.75 Å². The highest BCUT2D eigenvalue weighted by Gasteiger charge is 2.24. The van der Waals surface area contributed by atoms with Gasteiger partial charge in [-0.15, -0.1) is 0 Å². The van der Waals surface area contributed by atoms with Crippen LogP contribution in [0.2, 0.25) is 0 Å². The van der Waals surface area contributed by atoms with Crippen molar-refractivity contribution >= 4 is 23.3 Å². The Bertz CT molecular complexity index is 1250. The first-order chi connectivity index (χ1) is 19.5. The number of methoxy groups -OCH3 is 1. The van der Waals surface area contributed by atoms with Gasteiger partial charge in [0.25, 0.3) is 0 Å². The van der Waals surface area contributed by atoms with E-state index in [0.29, 0.717) is 39.0 Å². The Labute approximate surface area is 238 Å². The maximum Gasteiger partial charge on any atom is 0.227 e. The molecule has 0 aliphatic carbocycles. The third kappa shape index (κ3) is 7.84. The van der Waals surface area contributed by atoms with Gasteiger partial charge in [-0.2, -0.15) is 0 Å². The molecule has 0 saturated heterocycles. The number of anilines is 2. The van der Waals surface area contributed by atoms with Gasteiger partial charge in [-0.25, -0.2) is 4.98 Å². The van der Waals surface area contributed by atoms with Crippen LogP contribution in [-0.4, -0.2) is 55.0 Å². The summed E-state index contributed by atoms with van der Waals surface area (Å²) in [6.07, 6.45) is 5.05. The highest BCUT2D eigenvalue weighted by atomic mass is 16.5. The van der Waals surface area contributed by atoms with Crippen LogP contribution in [-0.2, 0) is 22.6 Å². The predicted octanol–water partition coefficient (Wildman–Crippen LogP) is 5.73. The predicted molar refractivity (Wildman–Crippen MR) is 161 cm³/mol. The third-order valence-electron chi connectivity index (χ3n) is 7.33. The van der Waals surface area contributed by atoms with Crippen molar-refractivity contribution in [3.05, 3.63) is 84.1 Å². The number of pyridine rings is 1. The number of nitrogens with zero attached hydrogens (tertiary/aromatic N) is 4. The molecule has 0 saturated carbocycles. The number of aryl methyl sites for hydroxylation is 1. The molecule has 1 aliphatic heterocycles. The normalized spacial score (nSPS) is 14.4. The van der Waals surface area contributed by atoms with E-state index in [-0.39, 0.29) is 17.7 Å². The minimum Gasteiger partial charge on any atom is -0.496 e. The van der Waals surface area contributed by atoms with Gasteiger partial charge < -0.3 is 19.4 Å². The lowest BCUT2D eigenvalue weighted by Crippen LogP contribution is -2.39. The topological polar surface area (TPSA) is 66.0 Å². The maximum atomic E-state index is 13.7. The number of hydrogen-bond donors (Lipinski definition) is 0. The van der Waals surface area contributed by atoms with Gasteiger partial charge in [-0.1, -0.05) is 56.3 Å². The fraction of sp³-hybridized carbons (Fsp3) is 0.424. The average molecular weight is 543 g/mol. The fourth-order valence-corrected chi connectivity index (χ4v) is 5.28. The highest BCUT2D eigenvalue weighted by Crippen LogP contribution is 2.26. The summed E-state index contributed by atoms with van der Waals surface area (Å²) in [4.78, 5) is 37.8. The van der Waals surface area contributed by atoms with Gasteiger partial charge in [0.15, 0.2) is 0 Å². The van der Waals surface area contributed by atoms with E-state index in [2.05, 4.69) is 35.9 Å². The number of amides is 2. The first-order valence-electron chi connectivity index (χ1n) is 14.4. The Kier molecular flexibility index (Phi) is 10.6. The van der Waals surface area contributed by atoms with Gasteiger partial charge in [0.2, 0.25) is 11.8 Å². The summed E-state index contributed by atoms with van der Waals surface area (Å²) < 4.78 is 5.49. The number of para-hydroxylation sites is 2. The SMILES string of the molecule is COc1ccccc1CCCC(=O)N1CCN(c2ccccn2)CCCN(C(=O)CC(C)C)c2ccccc2C1. The molecular weight excluding hydrogens is 500 g/mol. The van der Waals surface area contributed by atoms with E-state index < -0.39 is 0 Å². The number of fused-ring (bicyclic) bond motifs is 1. The molecule has 3 aromatic rings. The number of hydrogen-bond acceptors (Lipinski definition) is 5. The second kappa shape index (κ2) is 14.5. The molecule has 0 unspecified atom stereocenters. The molecule has 4 rings (SSSR count). The van der Waals surface area contributed by atoms with Crippen LogP contribution < -0.4 is 14.5 Å². The molecule has 0 N–H and O–H groups in total. The Hall–Kier alpha value is -3.87. The Balaban J connectivity index is 1.58. The van der Waals surface area contributed by atoms with Crippen LogP contribution in [0.15, 0.2) is 72.9 Å². The lowest BCUT2D eigenvalue weighted by atomic mass is 10.1. The smallest absolute Gasteiger partial charge is 0.227 e. The molecule has 0 spiro atoms. The van der Waals surface area contributed by atoms with Crippen LogP contribution in [0.3, 0.4) is 0 Å². The molecule has 0 radical (unpaired) electrons. The van der Waals surface area contributed by atoms with Crippen molar-refractivity contribution in [2.75, 3.05) is 43.1 Å². The molecule has 212 valence electrons. The Morgan fingerprint density at radius 3 is 2.45 bits per heavy atom. The zero-order valence-corrected chi connectivity index (χ0v) is 24.1. The summed E-state index contributed by atoms with van der Waals surface area (Å²) in [6, 6.07) is 21.9. The summed E-state index contributed by atoms with van der Waals surface area (Å²) >= 11 is 0. The van der Waals surface area contributed by atoms with Crippen molar-refractivity contribution in [3.8, 4) is 5.75 Å². The molecule has 1 aromatic heterocycles. The van der Waals surface area contributed by atoms with E-state index in [0.717, 1.165) is 54.2 Å². The molecule has 2 amide bonds. The van der Waals surface area contributed by atoms with E-state index in [9.17, 15) is 9.59 Å². The number of carbonyl (C=O) groups excluding carboxylic acids is 2. The summed E-state index contributed by atoms with van der Waals surface area (Å²) in [5.41, 5.74) is 3.02. The third-order valence-corrected chi connectivity index (χ3v) is 7.33. The summed E-state index contributed by atoms with van der Waals surface area (Å²) in [6.45, 7) is 7.24. The Morgan fingerprint density at radius 1 is 0.900 bits per heavy atom. The van der Waals surface area contributed by atoms with Crippen molar-refractivity contribution in [3.63, 3.8) is 0 Å². The highest BCUT2D eigenvalue weighted by molar-refractivity contribution is 5.94. The number of benzene rings is 2. The standard InChI is InChI=1S/C33H42N4O3/c1-26(2)24-33(39)37-21-11-20-35(31-17-8-9-19-34-31)22-23-36(25-28-13-4-6-15-29(28)37)32(38)18-10-14-27-12-5-7-16-30(27)40-3/h4-9,12-13,15-17,19,26H,10-11,14,18,20-25H2,1-3H3. The van der Waals surface area contributed by atoms with Crippen LogP contribution >= 0.6 is 0 Å². The number of rotatable bonds is 8. The van der Waals surface area contributed by atoms with E-state index in [4.69, 9.17) is 4.74 Å². The Morgan fingerprint density at radius 2 is 1.68 bits per heavy atom. The number of aromatic nitrogens is 1. The van der Waals surface area contributed by atoms with Gasteiger partial charge in [0.1, 0.15) is 11.6 Å². The van der Waals surface area contributed by atoms with E-state index >= 15 is 0 Å². The molecule has 7 heteroatoms. The molecule has 2 heterocycles. The van der Waals surface area contributed by atoms with Crippen molar-refractivity contribution in [2.24, 2.45) is 5.92 Å². The summed E-state index contributed by atoms with van der Waals surface area (Å²) in [7, 11) is 1.68.